The Morgan fingerprint density at radius 1 is 1.00 bits per heavy atom. The van der Waals surface area contributed by atoms with Gasteiger partial charge in [-0.15, -0.1) is 0 Å². The highest BCUT2D eigenvalue weighted by Crippen LogP contribution is 2.42. The highest BCUT2D eigenvalue weighted by atomic mass is 14.4. The molecule has 2 saturated carbocycles. The first-order chi connectivity index (χ1) is 8.78. The quantitative estimate of drug-likeness (QED) is 0.647. The molecule has 0 aromatic rings. The second kappa shape index (κ2) is 6.60. The molecular formula is C17H29N. The lowest BCUT2D eigenvalue weighted by atomic mass is 9.69. The molecule has 1 heteroatoms. The van der Waals surface area contributed by atoms with E-state index in [0.29, 0.717) is 0 Å². The molecule has 0 radical (unpaired) electrons. The van der Waals surface area contributed by atoms with Gasteiger partial charge in [0.1, 0.15) is 0 Å². The number of nitriles is 1. The van der Waals surface area contributed by atoms with Gasteiger partial charge in [0.2, 0.25) is 0 Å². The molecule has 2 fully saturated rings. The van der Waals surface area contributed by atoms with Crippen LogP contribution in [0.3, 0.4) is 0 Å². The lowest BCUT2D eigenvalue weighted by molar-refractivity contribution is 0.197. The van der Waals surface area contributed by atoms with Gasteiger partial charge in [0.25, 0.3) is 0 Å². The molecule has 2 rings (SSSR count). The number of nitrogens with zero attached hydrogens (tertiary/aromatic N) is 1. The Morgan fingerprint density at radius 3 is 2.17 bits per heavy atom. The predicted molar refractivity (Wildman–Crippen MR) is 76.1 cm³/mol. The molecule has 0 aromatic carbocycles. The molecule has 0 aromatic heterocycles. The van der Waals surface area contributed by atoms with Crippen molar-refractivity contribution in [1.29, 1.82) is 5.26 Å². The molecule has 0 heterocycles. The van der Waals surface area contributed by atoms with Gasteiger partial charge >= 0.3 is 0 Å². The Kier molecular flexibility index (Phi) is 5.10. The maximum Gasteiger partial charge on any atom is 0.0689 e. The van der Waals surface area contributed by atoms with E-state index in [1.165, 1.54) is 77.0 Å². The molecule has 2 aliphatic carbocycles. The SMILES string of the molecule is CCC1CCC(CCC2(C#N)CCCCC2)CC1. The van der Waals surface area contributed by atoms with Crippen molar-refractivity contribution in [2.45, 2.75) is 84.0 Å². The van der Waals surface area contributed by atoms with Crippen LogP contribution in [-0.4, -0.2) is 0 Å². The number of hydrogen-bond acceptors (Lipinski definition) is 1. The Morgan fingerprint density at radius 2 is 1.61 bits per heavy atom. The van der Waals surface area contributed by atoms with Gasteiger partial charge in [0.15, 0.2) is 0 Å². The molecule has 0 N–H and O–H groups in total. The summed E-state index contributed by atoms with van der Waals surface area (Å²) in [5.41, 5.74) is 0.0693. The lowest BCUT2D eigenvalue weighted by Crippen LogP contribution is -2.24. The van der Waals surface area contributed by atoms with Gasteiger partial charge in [-0.3, -0.25) is 0 Å². The molecule has 18 heavy (non-hydrogen) atoms. The average Bonchev–Trinajstić information content (AvgIpc) is 2.47. The second-order valence-electron chi connectivity index (χ2n) is 6.79. The minimum Gasteiger partial charge on any atom is -0.198 e. The predicted octanol–water partition coefficient (Wildman–Crippen LogP) is 5.46. The maximum atomic E-state index is 9.50. The third-order valence-electron chi connectivity index (χ3n) is 5.62. The van der Waals surface area contributed by atoms with Gasteiger partial charge in [0.05, 0.1) is 11.5 Å². The minimum absolute atomic E-state index is 0.0693. The fourth-order valence-corrected chi connectivity index (χ4v) is 4.06. The maximum absolute atomic E-state index is 9.50. The van der Waals surface area contributed by atoms with Gasteiger partial charge in [-0.1, -0.05) is 58.3 Å². The summed E-state index contributed by atoms with van der Waals surface area (Å²) in [6.07, 6.45) is 15.9. The molecule has 0 unspecified atom stereocenters. The summed E-state index contributed by atoms with van der Waals surface area (Å²) < 4.78 is 0. The van der Waals surface area contributed by atoms with E-state index >= 15 is 0 Å². The molecule has 1 nitrogen and oxygen atoms in total. The summed E-state index contributed by atoms with van der Waals surface area (Å²) in [6, 6.07) is 2.68. The van der Waals surface area contributed by atoms with Crippen LogP contribution in [0, 0.1) is 28.6 Å². The van der Waals surface area contributed by atoms with E-state index in [1.807, 2.05) is 0 Å². The van der Waals surface area contributed by atoms with E-state index in [1.54, 1.807) is 0 Å². The number of hydrogen-bond donors (Lipinski definition) is 0. The molecule has 2 aliphatic rings. The van der Waals surface area contributed by atoms with Crippen LogP contribution >= 0.6 is 0 Å². The van der Waals surface area contributed by atoms with E-state index in [9.17, 15) is 5.26 Å². The highest BCUT2D eigenvalue weighted by molar-refractivity contribution is 5.00. The van der Waals surface area contributed by atoms with Crippen LogP contribution in [0.4, 0.5) is 0 Å². The molecule has 0 amide bonds. The van der Waals surface area contributed by atoms with E-state index < -0.39 is 0 Å². The monoisotopic (exact) mass is 247 g/mol. The first-order valence-corrected chi connectivity index (χ1v) is 8.19. The van der Waals surface area contributed by atoms with E-state index in [0.717, 1.165) is 11.8 Å². The third kappa shape index (κ3) is 3.50. The van der Waals surface area contributed by atoms with Crippen molar-refractivity contribution >= 4 is 0 Å². The van der Waals surface area contributed by atoms with Crippen LogP contribution in [0.2, 0.25) is 0 Å². The fourth-order valence-electron chi connectivity index (χ4n) is 4.06. The van der Waals surface area contributed by atoms with Crippen molar-refractivity contribution < 1.29 is 0 Å². The summed E-state index contributed by atoms with van der Waals surface area (Å²) in [5.74, 6) is 1.93. The van der Waals surface area contributed by atoms with Gasteiger partial charge < -0.3 is 0 Å². The lowest BCUT2D eigenvalue weighted by Gasteiger charge is -2.34. The molecule has 102 valence electrons. The topological polar surface area (TPSA) is 23.8 Å². The molecule has 0 aliphatic heterocycles. The highest BCUT2D eigenvalue weighted by Gasteiger charge is 2.32. The fraction of sp³-hybridized carbons (Fsp3) is 0.941. The molecule has 0 saturated heterocycles. The normalized spacial score (nSPS) is 31.8. The Labute approximate surface area is 113 Å². The Balaban J connectivity index is 1.75. The van der Waals surface area contributed by atoms with Gasteiger partial charge in [0, 0.05) is 0 Å². The van der Waals surface area contributed by atoms with Crippen molar-refractivity contribution in [2.24, 2.45) is 17.3 Å². The third-order valence-corrected chi connectivity index (χ3v) is 5.62. The molecule has 0 spiro atoms. The van der Waals surface area contributed by atoms with Gasteiger partial charge in [-0.25, -0.2) is 0 Å². The van der Waals surface area contributed by atoms with E-state index in [4.69, 9.17) is 0 Å². The summed E-state index contributed by atoms with van der Waals surface area (Å²) in [5, 5.41) is 9.50. The average molecular weight is 247 g/mol. The zero-order valence-electron chi connectivity index (χ0n) is 12.1. The standard InChI is InChI=1S/C17H29N/c1-2-15-6-8-16(9-7-15)10-13-17(14-18)11-4-3-5-12-17/h15-16H,2-13H2,1H3. The minimum atomic E-state index is 0.0693. The molecular weight excluding hydrogens is 218 g/mol. The first kappa shape index (κ1) is 13.9. The van der Waals surface area contributed by atoms with Crippen molar-refractivity contribution in [3.05, 3.63) is 0 Å². The molecule has 0 bridgehead atoms. The smallest absolute Gasteiger partial charge is 0.0689 e. The van der Waals surface area contributed by atoms with Crippen molar-refractivity contribution in [1.82, 2.24) is 0 Å². The largest absolute Gasteiger partial charge is 0.198 e. The van der Waals surface area contributed by atoms with E-state index in [-0.39, 0.29) is 5.41 Å². The zero-order chi connectivity index (χ0) is 12.8. The van der Waals surface area contributed by atoms with Crippen LogP contribution in [0.1, 0.15) is 84.0 Å². The summed E-state index contributed by atoms with van der Waals surface area (Å²) in [6.45, 7) is 2.33. The first-order valence-electron chi connectivity index (χ1n) is 8.19. The second-order valence-corrected chi connectivity index (χ2v) is 6.79. The van der Waals surface area contributed by atoms with Crippen LogP contribution in [0.25, 0.3) is 0 Å². The van der Waals surface area contributed by atoms with Crippen molar-refractivity contribution in [3.8, 4) is 6.07 Å². The van der Waals surface area contributed by atoms with Gasteiger partial charge in [-0.2, -0.15) is 5.26 Å². The Bertz CT molecular complexity index is 274. The summed E-state index contributed by atoms with van der Waals surface area (Å²) >= 11 is 0. The molecule has 0 atom stereocenters. The summed E-state index contributed by atoms with van der Waals surface area (Å²) in [4.78, 5) is 0. The summed E-state index contributed by atoms with van der Waals surface area (Å²) in [7, 11) is 0. The van der Waals surface area contributed by atoms with Crippen LogP contribution < -0.4 is 0 Å². The van der Waals surface area contributed by atoms with Crippen LogP contribution in [0.15, 0.2) is 0 Å². The van der Waals surface area contributed by atoms with Crippen LogP contribution in [0.5, 0.6) is 0 Å². The van der Waals surface area contributed by atoms with Crippen LogP contribution in [-0.2, 0) is 0 Å². The van der Waals surface area contributed by atoms with Crippen molar-refractivity contribution in [3.63, 3.8) is 0 Å². The number of rotatable bonds is 4. The zero-order valence-corrected chi connectivity index (χ0v) is 12.1. The van der Waals surface area contributed by atoms with E-state index in [2.05, 4.69) is 13.0 Å². The van der Waals surface area contributed by atoms with Crippen molar-refractivity contribution in [2.75, 3.05) is 0 Å². The van der Waals surface area contributed by atoms with Gasteiger partial charge in [-0.05, 0) is 37.5 Å². The Hall–Kier alpha value is -0.510.